The quantitative estimate of drug-likeness (QED) is 0.678. The van der Waals surface area contributed by atoms with Crippen LogP contribution in [0.3, 0.4) is 0 Å². The summed E-state index contributed by atoms with van der Waals surface area (Å²) < 4.78 is 5.62. The molecule has 1 radical (unpaired) electrons. The maximum absolute atomic E-state index is 5.62. The zero-order valence-corrected chi connectivity index (χ0v) is 10.4. The summed E-state index contributed by atoms with van der Waals surface area (Å²) in [5.41, 5.74) is 1.13. The third-order valence-corrected chi connectivity index (χ3v) is 2.56. The van der Waals surface area contributed by atoms with Gasteiger partial charge in [0.1, 0.15) is 5.75 Å². The van der Waals surface area contributed by atoms with Gasteiger partial charge in [-0.3, -0.25) is 0 Å². The molecule has 0 spiro atoms. The van der Waals surface area contributed by atoms with Crippen molar-refractivity contribution in [3.63, 3.8) is 0 Å². The van der Waals surface area contributed by atoms with Crippen LogP contribution in [0.4, 0.5) is 0 Å². The Morgan fingerprint density at radius 2 is 1.83 bits per heavy atom. The lowest BCUT2D eigenvalue weighted by Gasteiger charge is -2.03. The van der Waals surface area contributed by atoms with Crippen molar-refractivity contribution in [2.24, 2.45) is 0 Å². The molecule has 0 amide bonds. The largest absolute Gasteiger partial charge is 0.494 e. The van der Waals surface area contributed by atoms with Crippen molar-refractivity contribution in [3.8, 4) is 5.75 Å². The van der Waals surface area contributed by atoms with Gasteiger partial charge in [-0.2, -0.15) is 0 Å². The van der Waals surface area contributed by atoms with Gasteiger partial charge in [-0.1, -0.05) is 54.6 Å². The number of unbranched alkanes of at least 4 members (excludes halogenated alkanes) is 1. The van der Waals surface area contributed by atoms with Gasteiger partial charge in [0, 0.05) is 0 Å². The van der Waals surface area contributed by atoms with Crippen LogP contribution in [0.1, 0.15) is 18.4 Å². The van der Waals surface area contributed by atoms with Crippen LogP contribution in [-0.2, 0) is 0 Å². The fraction of sp³-hybridized carbons (Fsp3) is 0.176. The maximum atomic E-state index is 5.62. The Hall–Kier alpha value is -2.02. The highest BCUT2D eigenvalue weighted by Gasteiger charge is 1.90. The van der Waals surface area contributed by atoms with Gasteiger partial charge in [-0.15, -0.1) is 0 Å². The number of hydrogen-bond acceptors (Lipinski definition) is 1. The summed E-state index contributed by atoms with van der Waals surface area (Å²) in [6.07, 6.45) is 6.32. The van der Waals surface area contributed by atoms with Crippen LogP contribution in [0.5, 0.6) is 5.75 Å². The normalized spacial score (nSPS) is 10.7. The zero-order chi connectivity index (χ0) is 12.5. The molecule has 1 heteroatoms. The number of allylic oxidation sites excluding steroid dienone is 1. The van der Waals surface area contributed by atoms with Gasteiger partial charge in [-0.05, 0) is 36.6 Å². The molecule has 0 unspecified atom stereocenters. The van der Waals surface area contributed by atoms with Crippen molar-refractivity contribution >= 4 is 6.08 Å². The fourth-order valence-electron chi connectivity index (χ4n) is 1.63. The molecule has 0 saturated heterocycles. The van der Waals surface area contributed by atoms with E-state index in [0.29, 0.717) is 0 Å². The Balaban J connectivity index is 1.63. The molecule has 1 nitrogen and oxygen atoms in total. The molecular formula is C17H17O. The van der Waals surface area contributed by atoms with Crippen LogP contribution in [0.25, 0.3) is 6.08 Å². The number of para-hydroxylation sites is 1. The van der Waals surface area contributed by atoms with E-state index < -0.39 is 0 Å². The topological polar surface area (TPSA) is 9.23 Å². The SMILES string of the molecule is [c]1ccccc1C=CCCCOc1ccccc1. The summed E-state index contributed by atoms with van der Waals surface area (Å²) >= 11 is 0. The van der Waals surface area contributed by atoms with Crippen molar-refractivity contribution in [2.45, 2.75) is 12.8 Å². The van der Waals surface area contributed by atoms with E-state index in [1.165, 1.54) is 0 Å². The van der Waals surface area contributed by atoms with E-state index in [4.69, 9.17) is 4.74 Å². The lowest BCUT2D eigenvalue weighted by Crippen LogP contribution is -1.95. The second-order valence-corrected chi connectivity index (χ2v) is 4.02. The van der Waals surface area contributed by atoms with Crippen LogP contribution in [0.15, 0.2) is 60.7 Å². The number of ether oxygens (including phenoxy) is 1. The minimum Gasteiger partial charge on any atom is -0.494 e. The second-order valence-electron chi connectivity index (χ2n) is 4.02. The Morgan fingerprint density at radius 1 is 1.00 bits per heavy atom. The van der Waals surface area contributed by atoms with E-state index >= 15 is 0 Å². The van der Waals surface area contributed by atoms with E-state index in [9.17, 15) is 0 Å². The molecule has 0 fully saturated rings. The monoisotopic (exact) mass is 237 g/mol. The molecule has 0 atom stereocenters. The molecule has 2 aromatic rings. The second kappa shape index (κ2) is 7.33. The fourth-order valence-corrected chi connectivity index (χ4v) is 1.63. The summed E-state index contributed by atoms with van der Waals surface area (Å²) in [5, 5.41) is 0. The van der Waals surface area contributed by atoms with Crippen molar-refractivity contribution in [2.75, 3.05) is 6.61 Å². The van der Waals surface area contributed by atoms with Gasteiger partial charge >= 0.3 is 0 Å². The molecule has 0 heterocycles. The summed E-state index contributed by atoms with van der Waals surface area (Å²) in [5.74, 6) is 0.942. The van der Waals surface area contributed by atoms with Gasteiger partial charge in [0.15, 0.2) is 0 Å². The maximum Gasteiger partial charge on any atom is 0.119 e. The Morgan fingerprint density at radius 3 is 2.61 bits per heavy atom. The van der Waals surface area contributed by atoms with Crippen molar-refractivity contribution in [1.82, 2.24) is 0 Å². The van der Waals surface area contributed by atoms with E-state index in [0.717, 1.165) is 30.8 Å². The third kappa shape index (κ3) is 4.46. The molecule has 0 aromatic heterocycles. The van der Waals surface area contributed by atoms with Crippen LogP contribution in [0.2, 0.25) is 0 Å². The van der Waals surface area contributed by atoms with Crippen LogP contribution in [0, 0.1) is 6.07 Å². The average Bonchev–Trinajstić information content (AvgIpc) is 2.45. The minimum absolute atomic E-state index is 0.757. The molecule has 0 aliphatic rings. The van der Waals surface area contributed by atoms with Crippen LogP contribution < -0.4 is 4.74 Å². The minimum atomic E-state index is 0.757. The number of benzene rings is 2. The predicted molar refractivity (Wildman–Crippen MR) is 75.5 cm³/mol. The van der Waals surface area contributed by atoms with Crippen molar-refractivity contribution < 1.29 is 4.74 Å². The molecule has 91 valence electrons. The summed E-state index contributed by atoms with van der Waals surface area (Å²) in [7, 11) is 0. The van der Waals surface area contributed by atoms with Gasteiger partial charge < -0.3 is 4.74 Å². The summed E-state index contributed by atoms with van der Waals surface area (Å²) in [6, 6.07) is 21.1. The molecule has 0 aliphatic heterocycles. The number of rotatable bonds is 6. The standard InChI is InChI=1S/C17H17O/c1-4-10-16(11-5-1)12-6-3-9-15-18-17-13-7-2-8-14-17/h1-2,4-8,10,12-14H,3,9,15H2. The van der Waals surface area contributed by atoms with E-state index in [-0.39, 0.29) is 0 Å². The molecular weight excluding hydrogens is 220 g/mol. The van der Waals surface area contributed by atoms with Gasteiger partial charge in [0.25, 0.3) is 0 Å². The zero-order valence-electron chi connectivity index (χ0n) is 10.4. The highest BCUT2D eigenvalue weighted by atomic mass is 16.5. The number of hydrogen-bond donors (Lipinski definition) is 0. The van der Waals surface area contributed by atoms with E-state index in [1.54, 1.807) is 0 Å². The Labute approximate surface area is 109 Å². The van der Waals surface area contributed by atoms with Crippen LogP contribution in [-0.4, -0.2) is 6.61 Å². The molecule has 18 heavy (non-hydrogen) atoms. The van der Waals surface area contributed by atoms with Gasteiger partial charge in [-0.25, -0.2) is 0 Å². The molecule has 0 bridgehead atoms. The molecule has 2 rings (SSSR count). The average molecular weight is 237 g/mol. The summed E-state index contributed by atoms with van der Waals surface area (Å²) in [6.45, 7) is 0.757. The predicted octanol–water partition coefficient (Wildman–Crippen LogP) is 4.36. The molecule has 2 aromatic carbocycles. The van der Waals surface area contributed by atoms with Crippen molar-refractivity contribution in [3.05, 3.63) is 72.3 Å². The first-order chi connectivity index (χ1) is 8.95. The first-order valence-corrected chi connectivity index (χ1v) is 6.26. The van der Waals surface area contributed by atoms with Gasteiger partial charge in [0.2, 0.25) is 0 Å². The summed E-state index contributed by atoms with van der Waals surface area (Å²) in [4.78, 5) is 0. The molecule has 0 saturated carbocycles. The van der Waals surface area contributed by atoms with Crippen LogP contribution >= 0.6 is 0 Å². The first kappa shape index (κ1) is 12.4. The first-order valence-electron chi connectivity index (χ1n) is 6.26. The Bertz CT molecular complexity index is 459. The smallest absolute Gasteiger partial charge is 0.119 e. The highest BCUT2D eigenvalue weighted by Crippen LogP contribution is 2.09. The van der Waals surface area contributed by atoms with E-state index in [1.807, 2.05) is 48.5 Å². The van der Waals surface area contributed by atoms with Gasteiger partial charge in [0.05, 0.1) is 6.61 Å². The van der Waals surface area contributed by atoms with E-state index in [2.05, 4.69) is 24.3 Å². The third-order valence-electron chi connectivity index (χ3n) is 2.56. The lowest BCUT2D eigenvalue weighted by molar-refractivity contribution is 0.312. The molecule has 0 aliphatic carbocycles. The van der Waals surface area contributed by atoms with Crippen molar-refractivity contribution in [1.29, 1.82) is 0 Å². The Kier molecular flexibility index (Phi) is 5.07. The highest BCUT2D eigenvalue weighted by molar-refractivity contribution is 5.47. The lowest BCUT2D eigenvalue weighted by atomic mass is 10.2. The molecule has 0 N–H and O–H groups in total.